The van der Waals surface area contributed by atoms with Gasteiger partial charge in [0.1, 0.15) is 0 Å². The number of rotatable bonds is 0. The normalized spacial score (nSPS) is 10.0. The predicted octanol–water partition coefficient (Wildman–Crippen LogP) is -1.37. The van der Waals surface area contributed by atoms with Gasteiger partial charge in [-0.1, -0.05) is 18.2 Å². The molecule has 0 saturated heterocycles. The molecule has 7 heteroatoms. The molecule has 0 aliphatic rings. The first-order valence-electron chi connectivity index (χ1n) is 3.69. The van der Waals surface area contributed by atoms with E-state index in [1.54, 1.807) is 0 Å². The Bertz CT molecular complexity index is 475. The van der Waals surface area contributed by atoms with E-state index >= 15 is 0 Å². The molecule has 0 amide bonds. The molecule has 1 aromatic heterocycles. The van der Waals surface area contributed by atoms with Crippen molar-refractivity contribution in [2.45, 2.75) is 0 Å². The molecule has 15 heavy (non-hydrogen) atoms. The van der Waals surface area contributed by atoms with E-state index in [1.807, 2.05) is 18.3 Å². The third-order valence-electron chi connectivity index (χ3n) is 1.46. The SMILES string of the molecule is O=S(=O)(O)O.[H-].[K+].c1ccc2[nH]ccc2c1. The topological polar surface area (TPSA) is 90.4 Å². The van der Waals surface area contributed by atoms with Gasteiger partial charge in [0, 0.05) is 11.7 Å². The molecule has 2 aromatic rings. The first-order valence-corrected chi connectivity index (χ1v) is 5.08. The van der Waals surface area contributed by atoms with Gasteiger partial charge in [-0.25, -0.2) is 0 Å². The first kappa shape index (κ1) is 15.3. The minimum Gasteiger partial charge on any atom is -1.00 e. The fraction of sp³-hybridized carbons (Fsp3) is 0. The van der Waals surface area contributed by atoms with Crippen molar-refractivity contribution >= 4 is 21.3 Å². The zero-order chi connectivity index (χ0) is 10.6. The van der Waals surface area contributed by atoms with Gasteiger partial charge in [-0.05, 0) is 17.5 Å². The van der Waals surface area contributed by atoms with Crippen molar-refractivity contribution in [3.63, 3.8) is 0 Å². The Morgan fingerprint density at radius 3 is 2.20 bits per heavy atom. The predicted molar refractivity (Wildman–Crippen MR) is 53.6 cm³/mol. The zero-order valence-electron chi connectivity index (χ0n) is 9.08. The second-order valence-corrected chi connectivity index (χ2v) is 3.41. The van der Waals surface area contributed by atoms with Crippen LogP contribution in [0.15, 0.2) is 36.5 Å². The summed E-state index contributed by atoms with van der Waals surface area (Å²) in [4.78, 5) is 3.12. The third-order valence-corrected chi connectivity index (χ3v) is 1.46. The molecule has 0 atom stereocenters. The summed E-state index contributed by atoms with van der Waals surface area (Å²) >= 11 is 0. The van der Waals surface area contributed by atoms with Crippen molar-refractivity contribution in [1.82, 2.24) is 4.98 Å². The maximum Gasteiger partial charge on any atom is 1.00 e. The number of aromatic amines is 1. The molecular weight excluding hydrogens is 245 g/mol. The van der Waals surface area contributed by atoms with Crippen molar-refractivity contribution in [2.24, 2.45) is 0 Å². The zero-order valence-corrected chi connectivity index (χ0v) is 12.0. The van der Waals surface area contributed by atoms with E-state index in [2.05, 4.69) is 23.2 Å². The molecule has 0 spiro atoms. The molecule has 1 heterocycles. The molecular formula is C8H10KNO4S. The van der Waals surface area contributed by atoms with Crippen LogP contribution in [-0.2, 0) is 10.4 Å². The van der Waals surface area contributed by atoms with Gasteiger partial charge in [0.15, 0.2) is 0 Å². The minimum atomic E-state index is -4.67. The summed E-state index contributed by atoms with van der Waals surface area (Å²) in [7, 11) is -4.67. The second-order valence-electron chi connectivity index (χ2n) is 2.51. The van der Waals surface area contributed by atoms with Crippen molar-refractivity contribution in [3.8, 4) is 0 Å². The fourth-order valence-corrected chi connectivity index (χ4v) is 0.995. The van der Waals surface area contributed by atoms with E-state index in [0.717, 1.165) is 0 Å². The number of hydrogen-bond donors (Lipinski definition) is 3. The van der Waals surface area contributed by atoms with Gasteiger partial charge < -0.3 is 6.41 Å². The Labute approximate surface area is 131 Å². The van der Waals surface area contributed by atoms with Gasteiger partial charge in [-0.3, -0.25) is 9.11 Å². The van der Waals surface area contributed by atoms with Crippen molar-refractivity contribution < 1.29 is 70.3 Å². The van der Waals surface area contributed by atoms with E-state index in [0.29, 0.717) is 0 Å². The van der Waals surface area contributed by atoms with Gasteiger partial charge in [-0.15, -0.1) is 0 Å². The molecule has 0 aliphatic heterocycles. The number of fused-ring (bicyclic) bond motifs is 1. The smallest absolute Gasteiger partial charge is 1.00 e. The Balaban J connectivity index is 0. The molecule has 0 fully saturated rings. The van der Waals surface area contributed by atoms with Crippen LogP contribution in [0.2, 0.25) is 0 Å². The Hall–Kier alpha value is 0.266. The number of nitrogens with one attached hydrogen (secondary N) is 1. The van der Waals surface area contributed by atoms with Gasteiger partial charge in [0.2, 0.25) is 0 Å². The van der Waals surface area contributed by atoms with Crippen LogP contribution < -0.4 is 51.4 Å². The molecule has 2 rings (SSSR count). The first-order chi connectivity index (χ1) is 6.47. The van der Waals surface area contributed by atoms with Gasteiger partial charge in [0.25, 0.3) is 0 Å². The standard InChI is InChI=1S/C8H7N.K.H2O4S.H/c1-2-4-8-7(3-1)5-6-9-8;;1-5(2,3)4;/h1-6,9H;;(H2,1,2,3,4);/q;+1;;-1. The van der Waals surface area contributed by atoms with Gasteiger partial charge in [0.05, 0.1) is 0 Å². The summed E-state index contributed by atoms with van der Waals surface area (Å²) in [6.07, 6.45) is 1.95. The maximum atomic E-state index is 8.74. The second kappa shape index (κ2) is 6.76. The molecule has 78 valence electrons. The summed E-state index contributed by atoms with van der Waals surface area (Å²) in [5.41, 5.74) is 1.21. The summed E-state index contributed by atoms with van der Waals surface area (Å²) in [5, 5.41) is 1.28. The Morgan fingerprint density at radius 1 is 1.13 bits per heavy atom. The molecule has 0 bridgehead atoms. The van der Waals surface area contributed by atoms with Gasteiger partial charge >= 0.3 is 61.8 Å². The Morgan fingerprint density at radius 2 is 1.67 bits per heavy atom. The van der Waals surface area contributed by atoms with E-state index in [4.69, 9.17) is 17.5 Å². The molecule has 0 radical (unpaired) electrons. The number of para-hydroxylation sites is 1. The monoisotopic (exact) mass is 255 g/mol. The van der Waals surface area contributed by atoms with Crippen LogP contribution in [0.25, 0.3) is 10.9 Å². The van der Waals surface area contributed by atoms with Crippen LogP contribution in [0.5, 0.6) is 0 Å². The van der Waals surface area contributed by atoms with Crippen LogP contribution in [0.1, 0.15) is 1.43 Å². The van der Waals surface area contributed by atoms with E-state index in [-0.39, 0.29) is 52.8 Å². The average Bonchev–Trinajstić information content (AvgIpc) is 2.47. The number of benzene rings is 1. The van der Waals surface area contributed by atoms with E-state index in [9.17, 15) is 0 Å². The van der Waals surface area contributed by atoms with Crippen LogP contribution in [0.3, 0.4) is 0 Å². The number of aromatic nitrogens is 1. The quantitative estimate of drug-likeness (QED) is 0.400. The molecule has 0 aliphatic carbocycles. The van der Waals surface area contributed by atoms with Crippen LogP contribution in [-0.4, -0.2) is 22.5 Å². The number of H-pyrrole nitrogens is 1. The summed E-state index contributed by atoms with van der Waals surface area (Å²) in [6.45, 7) is 0. The third kappa shape index (κ3) is 7.20. The molecule has 5 nitrogen and oxygen atoms in total. The molecule has 0 unspecified atom stereocenters. The van der Waals surface area contributed by atoms with E-state index < -0.39 is 10.4 Å². The van der Waals surface area contributed by atoms with Crippen LogP contribution >= 0.6 is 0 Å². The van der Waals surface area contributed by atoms with Crippen molar-refractivity contribution in [1.29, 1.82) is 0 Å². The molecule has 0 saturated carbocycles. The fourth-order valence-electron chi connectivity index (χ4n) is 0.995. The van der Waals surface area contributed by atoms with Crippen molar-refractivity contribution in [2.75, 3.05) is 0 Å². The summed E-state index contributed by atoms with van der Waals surface area (Å²) < 4.78 is 31.6. The van der Waals surface area contributed by atoms with Gasteiger partial charge in [-0.2, -0.15) is 8.42 Å². The number of hydrogen-bond acceptors (Lipinski definition) is 2. The van der Waals surface area contributed by atoms with Crippen LogP contribution in [0, 0.1) is 0 Å². The molecule has 1 aromatic carbocycles. The summed E-state index contributed by atoms with van der Waals surface area (Å²) in [5.74, 6) is 0. The Kier molecular flexibility index (Phi) is 6.88. The van der Waals surface area contributed by atoms with E-state index in [1.165, 1.54) is 10.9 Å². The largest absolute Gasteiger partial charge is 1.00 e. The maximum absolute atomic E-state index is 8.74. The minimum absolute atomic E-state index is 0. The summed E-state index contributed by atoms with van der Waals surface area (Å²) in [6, 6.07) is 10.3. The molecule has 3 N–H and O–H groups in total. The van der Waals surface area contributed by atoms with Crippen LogP contribution in [0.4, 0.5) is 0 Å². The average molecular weight is 255 g/mol. The van der Waals surface area contributed by atoms with Crippen molar-refractivity contribution in [3.05, 3.63) is 36.5 Å².